The molecule has 2 aromatic carbocycles. The van der Waals surface area contributed by atoms with E-state index in [0.29, 0.717) is 28.5 Å². The van der Waals surface area contributed by atoms with E-state index >= 15 is 0 Å². The van der Waals surface area contributed by atoms with Crippen LogP contribution in [0.5, 0.6) is 0 Å². The van der Waals surface area contributed by atoms with Gasteiger partial charge in [0, 0.05) is 46.1 Å². The Morgan fingerprint density at radius 2 is 1.98 bits per heavy atom. The Hall–Kier alpha value is -5.55. The van der Waals surface area contributed by atoms with Crippen molar-refractivity contribution in [1.29, 1.82) is 0 Å². The van der Waals surface area contributed by atoms with Crippen molar-refractivity contribution in [3.8, 4) is 17.1 Å². The molecular formula is C29H24ClF3N10O4. The number of allylic oxidation sites excluding steroid dienone is 1. The molecule has 2 atom stereocenters. The van der Waals surface area contributed by atoms with Crippen molar-refractivity contribution in [3.05, 3.63) is 100 Å². The fourth-order valence-corrected chi connectivity index (χ4v) is 5.12. The van der Waals surface area contributed by atoms with Crippen LogP contribution in [0.2, 0.25) is 5.02 Å². The van der Waals surface area contributed by atoms with E-state index in [1.807, 2.05) is 0 Å². The van der Waals surface area contributed by atoms with E-state index in [-0.39, 0.29) is 34.0 Å². The van der Waals surface area contributed by atoms with E-state index in [9.17, 15) is 23.1 Å². The van der Waals surface area contributed by atoms with E-state index < -0.39 is 30.0 Å². The highest BCUT2D eigenvalue weighted by Crippen LogP contribution is 2.36. The fourth-order valence-electron chi connectivity index (χ4n) is 4.95. The number of amides is 1. The highest BCUT2D eigenvalue weighted by molar-refractivity contribution is 6.30. The quantitative estimate of drug-likeness (QED) is 0.206. The minimum atomic E-state index is -4.71. The number of methoxy groups -OCH3 is 1. The number of aliphatic hydroxyl groups excluding tert-OH is 1. The summed E-state index contributed by atoms with van der Waals surface area (Å²) in [7, 11) is 1.37. The number of rotatable bonds is 9. The second-order valence-electron chi connectivity index (χ2n) is 10.3. The van der Waals surface area contributed by atoms with Crippen LogP contribution >= 0.6 is 11.6 Å². The van der Waals surface area contributed by atoms with Crippen molar-refractivity contribution < 1.29 is 32.3 Å². The lowest BCUT2D eigenvalue weighted by Gasteiger charge is -2.36. The summed E-state index contributed by atoms with van der Waals surface area (Å²) in [5.41, 5.74) is 1.15. The Bertz CT molecular complexity index is 1950. The number of hydrogen-bond acceptors (Lipinski definition) is 11. The van der Waals surface area contributed by atoms with Crippen LogP contribution in [0.4, 0.5) is 18.9 Å². The van der Waals surface area contributed by atoms with E-state index in [2.05, 4.69) is 41.4 Å². The molecule has 0 saturated carbocycles. The molecule has 14 nitrogen and oxygen atoms in total. The van der Waals surface area contributed by atoms with E-state index in [0.717, 1.165) is 10.9 Å². The van der Waals surface area contributed by atoms with Crippen LogP contribution in [0.25, 0.3) is 22.6 Å². The summed E-state index contributed by atoms with van der Waals surface area (Å²) in [6.07, 6.45) is -2.53. The topological polar surface area (TPSA) is 173 Å². The maximum Gasteiger partial charge on any atom is 0.436 e. The number of tetrazole rings is 1. The van der Waals surface area contributed by atoms with Crippen molar-refractivity contribution in [1.82, 2.24) is 45.7 Å². The van der Waals surface area contributed by atoms with Crippen molar-refractivity contribution in [3.63, 3.8) is 0 Å². The van der Waals surface area contributed by atoms with Gasteiger partial charge >= 0.3 is 6.18 Å². The molecule has 0 bridgehead atoms. The lowest BCUT2D eigenvalue weighted by molar-refractivity contribution is -0.141. The number of aliphatic hydroxyl groups is 1. The molecule has 47 heavy (non-hydrogen) atoms. The Morgan fingerprint density at radius 3 is 2.62 bits per heavy atom. The van der Waals surface area contributed by atoms with E-state index in [4.69, 9.17) is 20.9 Å². The summed E-state index contributed by atoms with van der Waals surface area (Å²) in [5, 5.41) is 39.3. The second-order valence-corrected chi connectivity index (χ2v) is 10.7. The van der Waals surface area contributed by atoms with Gasteiger partial charge in [0.15, 0.2) is 5.69 Å². The number of anilines is 1. The average Bonchev–Trinajstić information content (AvgIpc) is 3.83. The number of hydrogen-bond donors (Lipinski definition) is 3. The summed E-state index contributed by atoms with van der Waals surface area (Å²) >= 11 is 6.29. The number of aromatic nitrogens is 8. The standard InChI is InChI=1S/C29H24ClF3N10O4/c1-15-9-19(38-47-15)11-23(28(45)34-18-6-3-16(4-7-18)27-36-39-40-37-27)42-13-24(46-2)21(12-26(42)44)20-10-17(30)5-8-22(20)43-14-25(35-41-43)29(31,32)33/h3-10,12-14,23,26,44H,11H2,1-2H3,(H,34,45)(H,36,37,39,40)/t23-,26-/m0/s1. The Morgan fingerprint density at radius 1 is 1.19 bits per heavy atom. The predicted molar refractivity (Wildman–Crippen MR) is 159 cm³/mol. The van der Waals surface area contributed by atoms with Crippen LogP contribution in [-0.2, 0) is 22.1 Å². The van der Waals surface area contributed by atoms with Gasteiger partial charge in [-0.2, -0.15) is 18.4 Å². The van der Waals surface area contributed by atoms with Crippen LogP contribution < -0.4 is 5.32 Å². The van der Waals surface area contributed by atoms with Gasteiger partial charge in [-0.15, -0.1) is 15.3 Å². The third-order valence-corrected chi connectivity index (χ3v) is 7.39. The van der Waals surface area contributed by atoms with Gasteiger partial charge < -0.3 is 24.6 Å². The Balaban J connectivity index is 1.33. The first kappa shape index (κ1) is 31.4. The normalized spacial score (nSPS) is 15.6. The molecule has 1 aliphatic rings. The third kappa shape index (κ3) is 6.70. The number of alkyl halides is 3. The second kappa shape index (κ2) is 12.7. The van der Waals surface area contributed by atoms with Crippen LogP contribution in [-0.4, -0.2) is 76.1 Å². The van der Waals surface area contributed by atoms with Gasteiger partial charge in [0.1, 0.15) is 23.8 Å². The highest BCUT2D eigenvalue weighted by atomic mass is 35.5. The molecule has 1 aliphatic heterocycles. The summed E-state index contributed by atoms with van der Waals surface area (Å²) in [6.45, 7) is 1.71. The molecule has 1 amide bonds. The zero-order chi connectivity index (χ0) is 33.3. The first-order valence-electron chi connectivity index (χ1n) is 13.8. The zero-order valence-corrected chi connectivity index (χ0v) is 25.2. The Labute approximate surface area is 268 Å². The van der Waals surface area contributed by atoms with Crippen molar-refractivity contribution in [2.45, 2.75) is 31.8 Å². The third-order valence-electron chi connectivity index (χ3n) is 7.15. The molecule has 0 spiro atoms. The smallest absolute Gasteiger partial charge is 0.436 e. The minimum Gasteiger partial charge on any atom is -0.495 e. The van der Waals surface area contributed by atoms with Gasteiger partial charge in [-0.3, -0.25) is 4.79 Å². The van der Waals surface area contributed by atoms with Crippen LogP contribution in [0.1, 0.15) is 22.7 Å². The summed E-state index contributed by atoms with van der Waals surface area (Å²) < 4.78 is 51.7. The lowest BCUT2D eigenvalue weighted by atomic mass is 9.97. The monoisotopic (exact) mass is 668 g/mol. The molecule has 3 N–H and O–H groups in total. The van der Waals surface area contributed by atoms with Gasteiger partial charge in [0.25, 0.3) is 0 Å². The lowest BCUT2D eigenvalue weighted by Crippen LogP contribution is -2.48. The number of nitrogens with one attached hydrogen (secondary N) is 2. The largest absolute Gasteiger partial charge is 0.495 e. The van der Waals surface area contributed by atoms with Gasteiger partial charge in [-0.1, -0.05) is 22.0 Å². The molecule has 0 radical (unpaired) electrons. The maximum absolute atomic E-state index is 13.8. The molecule has 242 valence electrons. The van der Waals surface area contributed by atoms with Gasteiger partial charge in [-0.25, -0.2) is 4.68 Å². The molecular weight excluding hydrogens is 645 g/mol. The number of halogens is 4. The Kier molecular flexibility index (Phi) is 8.48. The predicted octanol–water partition coefficient (Wildman–Crippen LogP) is 4.17. The minimum absolute atomic E-state index is 0.0272. The maximum atomic E-state index is 13.8. The number of aryl methyl sites for hydroxylation is 1. The summed E-state index contributed by atoms with van der Waals surface area (Å²) in [6, 6.07) is 11.8. The molecule has 4 heterocycles. The van der Waals surface area contributed by atoms with Crippen LogP contribution in [0.3, 0.4) is 0 Å². The van der Waals surface area contributed by atoms with Crippen molar-refractivity contribution >= 4 is 28.8 Å². The van der Waals surface area contributed by atoms with Gasteiger partial charge in [0.2, 0.25) is 11.7 Å². The van der Waals surface area contributed by atoms with Crippen LogP contribution in [0.15, 0.2) is 77.3 Å². The molecule has 5 aromatic rings. The molecule has 0 saturated heterocycles. The average molecular weight is 669 g/mol. The molecule has 0 unspecified atom stereocenters. The number of ether oxygens (including phenoxy) is 1. The van der Waals surface area contributed by atoms with Gasteiger partial charge in [0.05, 0.1) is 24.7 Å². The highest BCUT2D eigenvalue weighted by Gasteiger charge is 2.36. The summed E-state index contributed by atoms with van der Waals surface area (Å²) in [4.78, 5) is 15.2. The first-order chi connectivity index (χ1) is 22.5. The molecule has 3 aromatic heterocycles. The van der Waals surface area contributed by atoms with Crippen molar-refractivity contribution in [2.24, 2.45) is 0 Å². The molecule has 0 aliphatic carbocycles. The first-order valence-corrected chi connectivity index (χ1v) is 14.2. The molecule has 0 fully saturated rings. The van der Waals surface area contributed by atoms with E-state index in [1.54, 1.807) is 37.3 Å². The SMILES string of the molecule is COC1=CN([C@@H](Cc2cc(C)on2)C(=O)Nc2ccc(-c3nn[nH]n3)cc2)[C@@H](O)C=C1c1cc(Cl)ccc1-n1cc(C(F)(F)F)nn1. The number of carbonyl (C=O) groups excluding carboxylic acids is 1. The number of aromatic amines is 1. The molecule has 6 rings (SSSR count). The number of nitrogens with zero attached hydrogens (tertiary/aromatic N) is 8. The summed E-state index contributed by atoms with van der Waals surface area (Å²) in [5.74, 6) is 0.590. The van der Waals surface area contributed by atoms with Crippen molar-refractivity contribution in [2.75, 3.05) is 12.4 Å². The number of benzene rings is 2. The van der Waals surface area contributed by atoms with Gasteiger partial charge in [-0.05, 0) is 60.7 Å². The zero-order valence-electron chi connectivity index (χ0n) is 24.5. The number of H-pyrrole nitrogens is 1. The van der Waals surface area contributed by atoms with Crippen LogP contribution in [0, 0.1) is 6.92 Å². The van der Waals surface area contributed by atoms with E-state index in [1.165, 1.54) is 42.5 Å². The fraction of sp³-hybridized carbons (Fsp3) is 0.207. The molecule has 18 heteroatoms. The number of carbonyl (C=O) groups is 1.